The molecule has 0 bridgehead atoms. The third kappa shape index (κ3) is 5.22. The number of aromatic nitrogens is 2. The van der Waals surface area contributed by atoms with Crippen LogP contribution in [0.5, 0.6) is 0 Å². The number of benzene rings is 1. The average Bonchev–Trinajstić information content (AvgIpc) is 2.46. The second kappa shape index (κ2) is 7.38. The third-order valence-corrected chi connectivity index (χ3v) is 3.16. The van der Waals surface area contributed by atoms with Crippen LogP contribution in [0.25, 0.3) is 0 Å². The average molecular weight is 285 g/mol. The highest BCUT2D eigenvalue weighted by atomic mass is 16.4. The first kappa shape index (κ1) is 15.0. The van der Waals surface area contributed by atoms with Crippen LogP contribution in [0.2, 0.25) is 0 Å². The summed E-state index contributed by atoms with van der Waals surface area (Å²) in [4.78, 5) is 19.2. The van der Waals surface area contributed by atoms with Gasteiger partial charge in [0.15, 0.2) is 0 Å². The molecule has 1 unspecified atom stereocenters. The summed E-state index contributed by atoms with van der Waals surface area (Å²) in [6.45, 7) is 1.83. The number of aryl methyl sites for hydroxylation is 1. The first-order chi connectivity index (χ1) is 10.1. The first-order valence-electron chi connectivity index (χ1n) is 6.95. The molecule has 1 aromatic carbocycles. The van der Waals surface area contributed by atoms with Crippen molar-refractivity contribution in [2.45, 2.75) is 32.2 Å². The molecule has 2 N–H and O–H groups in total. The van der Waals surface area contributed by atoms with Crippen LogP contribution in [0.15, 0.2) is 42.6 Å². The van der Waals surface area contributed by atoms with Gasteiger partial charge in [0.05, 0.1) is 0 Å². The van der Waals surface area contributed by atoms with Gasteiger partial charge >= 0.3 is 5.97 Å². The van der Waals surface area contributed by atoms with Crippen molar-refractivity contribution in [2.24, 2.45) is 0 Å². The monoisotopic (exact) mass is 285 g/mol. The van der Waals surface area contributed by atoms with E-state index in [1.807, 2.05) is 37.3 Å². The van der Waals surface area contributed by atoms with Crippen LogP contribution in [0.4, 0.5) is 5.82 Å². The predicted octanol–water partition coefficient (Wildman–Crippen LogP) is 2.67. The summed E-state index contributed by atoms with van der Waals surface area (Å²) in [7, 11) is 0. The molecule has 1 heterocycles. The molecule has 0 aliphatic carbocycles. The van der Waals surface area contributed by atoms with Crippen molar-refractivity contribution in [1.82, 2.24) is 9.97 Å². The van der Waals surface area contributed by atoms with Crippen LogP contribution in [0.1, 0.15) is 24.2 Å². The summed E-state index contributed by atoms with van der Waals surface area (Å²) in [6, 6.07) is 11.8. The van der Waals surface area contributed by atoms with E-state index in [9.17, 15) is 4.79 Å². The van der Waals surface area contributed by atoms with Crippen LogP contribution in [-0.4, -0.2) is 27.1 Å². The van der Waals surface area contributed by atoms with Gasteiger partial charge in [0, 0.05) is 18.7 Å². The van der Waals surface area contributed by atoms with Crippen molar-refractivity contribution in [3.05, 3.63) is 54.0 Å². The van der Waals surface area contributed by atoms with Crippen molar-refractivity contribution < 1.29 is 9.90 Å². The zero-order valence-corrected chi connectivity index (χ0v) is 12.0. The smallest absolute Gasteiger partial charge is 0.303 e. The van der Waals surface area contributed by atoms with Gasteiger partial charge in [-0.15, -0.1) is 0 Å². The number of nitrogens with zero attached hydrogens (tertiary/aromatic N) is 2. The van der Waals surface area contributed by atoms with Gasteiger partial charge < -0.3 is 10.4 Å². The second-order valence-electron chi connectivity index (χ2n) is 4.95. The molecule has 21 heavy (non-hydrogen) atoms. The molecule has 110 valence electrons. The molecule has 0 amide bonds. The summed E-state index contributed by atoms with van der Waals surface area (Å²) < 4.78 is 0. The molecule has 0 aliphatic heterocycles. The Morgan fingerprint density at radius 2 is 2.05 bits per heavy atom. The Bertz CT molecular complexity index is 587. The normalized spacial score (nSPS) is 11.9. The van der Waals surface area contributed by atoms with E-state index in [-0.39, 0.29) is 12.5 Å². The Kier molecular flexibility index (Phi) is 5.26. The van der Waals surface area contributed by atoms with E-state index in [4.69, 9.17) is 5.11 Å². The lowest BCUT2D eigenvalue weighted by atomic mass is 10.0. The highest BCUT2D eigenvalue weighted by Crippen LogP contribution is 2.13. The van der Waals surface area contributed by atoms with Crippen molar-refractivity contribution in [1.29, 1.82) is 0 Å². The summed E-state index contributed by atoms with van der Waals surface area (Å²) in [5.41, 5.74) is 1.17. The molecule has 0 radical (unpaired) electrons. The molecular weight excluding hydrogens is 266 g/mol. The van der Waals surface area contributed by atoms with E-state index in [0.717, 1.165) is 12.2 Å². The maximum absolute atomic E-state index is 10.8. The number of carboxylic acid groups (broad SMARTS) is 1. The Morgan fingerprint density at radius 3 is 2.71 bits per heavy atom. The van der Waals surface area contributed by atoms with Crippen molar-refractivity contribution in [2.75, 3.05) is 5.32 Å². The number of hydrogen-bond acceptors (Lipinski definition) is 4. The summed E-state index contributed by atoms with van der Waals surface area (Å²) in [5.74, 6) is 0.638. The van der Waals surface area contributed by atoms with Crippen molar-refractivity contribution in [3.63, 3.8) is 0 Å². The van der Waals surface area contributed by atoms with E-state index in [1.165, 1.54) is 5.56 Å². The van der Waals surface area contributed by atoms with Gasteiger partial charge in [-0.2, -0.15) is 0 Å². The fourth-order valence-electron chi connectivity index (χ4n) is 2.17. The molecule has 5 nitrogen and oxygen atoms in total. The fourth-order valence-corrected chi connectivity index (χ4v) is 2.17. The van der Waals surface area contributed by atoms with Crippen LogP contribution in [0, 0.1) is 6.92 Å². The fraction of sp³-hybridized carbons (Fsp3) is 0.312. The maximum Gasteiger partial charge on any atom is 0.303 e. The molecule has 0 fully saturated rings. The van der Waals surface area contributed by atoms with Crippen LogP contribution >= 0.6 is 0 Å². The molecule has 0 saturated heterocycles. The second-order valence-corrected chi connectivity index (χ2v) is 4.95. The van der Waals surface area contributed by atoms with Crippen LogP contribution in [-0.2, 0) is 11.2 Å². The zero-order chi connectivity index (χ0) is 15.1. The predicted molar refractivity (Wildman–Crippen MR) is 81.2 cm³/mol. The quantitative estimate of drug-likeness (QED) is 0.818. The lowest BCUT2D eigenvalue weighted by Gasteiger charge is -2.19. The molecule has 0 saturated carbocycles. The van der Waals surface area contributed by atoms with Gasteiger partial charge in [0.2, 0.25) is 0 Å². The standard InChI is InChI=1S/C16H19N3O2/c1-12-17-10-9-15(18-12)19-14(7-8-16(20)21)11-13-5-3-2-4-6-13/h2-6,9-10,14H,7-8,11H2,1H3,(H,20,21)(H,17,18,19). The minimum absolute atomic E-state index is 0.0257. The maximum atomic E-state index is 10.8. The summed E-state index contributed by atoms with van der Waals surface area (Å²) in [6.07, 6.45) is 3.14. The number of nitrogens with one attached hydrogen (secondary N) is 1. The number of carbonyl (C=O) groups is 1. The number of carboxylic acids is 1. The SMILES string of the molecule is Cc1nccc(NC(CCC(=O)O)Cc2ccccc2)n1. The number of hydrogen-bond donors (Lipinski definition) is 2. The van der Waals surface area contributed by atoms with Gasteiger partial charge in [-0.25, -0.2) is 9.97 Å². The van der Waals surface area contributed by atoms with E-state index < -0.39 is 5.97 Å². The van der Waals surface area contributed by atoms with Crippen LogP contribution < -0.4 is 5.32 Å². The van der Waals surface area contributed by atoms with Crippen molar-refractivity contribution in [3.8, 4) is 0 Å². The van der Waals surface area contributed by atoms with Crippen LogP contribution in [0.3, 0.4) is 0 Å². The zero-order valence-electron chi connectivity index (χ0n) is 12.0. The molecule has 1 aromatic heterocycles. The molecule has 0 aliphatic rings. The Hall–Kier alpha value is -2.43. The Morgan fingerprint density at radius 1 is 1.29 bits per heavy atom. The first-order valence-corrected chi connectivity index (χ1v) is 6.95. The molecular formula is C16H19N3O2. The number of rotatable bonds is 7. The van der Waals surface area contributed by atoms with Gasteiger partial charge in [-0.3, -0.25) is 4.79 Å². The Labute approximate surface area is 124 Å². The number of aliphatic carboxylic acids is 1. The van der Waals surface area contributed by atoms with Crippen molar-refractivity contribution >= 4 is 11.8 Å². The molecule has 5 heteroatoms. The van der Waals surface area contributed by atoms with Gasteiger partial charge in [-0.1, -0.05) is 30.3 Å². The van der Waals surface area contributed by atoms with E-state index in [1.54, 1.807) is 12.3 Å². The van der Waals surface area contributed by atoms with E-state index in [0.29, 0.717) is 12.2 Å². The highest BCUT2D eigenvalue weighted by molar-refractivity contribution is 5.66. The molecule has 2 rings (SSSR count). The topological polar surface area (TPSA) is 75.1 Å². The van der Waals surface area contributed by atoms with Gasteiger partial charge in [0.25, 0.3) is 0 Å². The lowest BCUT2D eigenvalue weighted by molar-refractivity contribution is -0.137. The molecule has 0 spiro atoms. The minimum Gasteiger partial charge on any atom is -0.481 e. The van der Waals surface area contributed by atoms with Gasteiger partial charge in [-0.05, 0) is 31.4 Å². The highest BCUT2D eigenvalue weighted by Gasteiger charge is 2.12. The molecule has 2 aromatic rings. The Balaban J connectivity index is 2.06. The third-order valence-electron chi connectivity index (χ3n) is 3.16. The number of anilines is 1. The minimum atomic E-state index is -0.784. The van der Waals surface area contributed by atoms with Gasteiger partial charge in [0.1, 0.15) is 11.6 Å². The largest absolute Gasteiger partial charge is 0.481 e. The van der Waals surface area contributed by atoms with E-state index in [2.05, 4.69) is 15.3 Å². The lowest BCUT2D eigenvalue weighted by Crippen LogP contribution is -2.24. The summed E-state index contributed by atoms with van der Waals surface area (Å²) in [5, 5.41) is 12.2. The summed E-state index contributed by atoms with van der Waals surface area (Å²) >= 11 is 0. The molecule has 1 atom stereocenters. The van der Waals surface area contributed by atoms with E-state index >= 15 is 0 Å².